The van der Waals surface area contributed by atoms with Crippen molar-refractivity contribution in [3.8, 4) is 0 Å². The fraction of sp³-hybridized carbons (Fsp3) is 0.636. The second-order valence-electron chi connectivity index (χ2n) is 4.31. The number of rotatable bonds is 7. The zero-order valence-corrected chi connectivity index (χ0v) is 12.5. The van der Waals surface area contributed by atoms with E-state index in [1.54, 1.807) is 14.0 Å². The van der Waals surface area contributed by atoms with Crippen molar-refractivity contribution in [1.29, 1.82) is 0 Å². The van der Waals surface area contributed by atoms with Crippen molar-refractivity contribution < 1.29 is 14.7 Å². The third kappa shape index (κ3) is 5.08. The van der Waals surface area contributed by atoms with Gasteiger partial charge in [-0.15, -0.1) is 0 Å². The van der Waals surface area contributed by atoms with Gasteiger partial charge < -0.3 is 15.3 Å². The van der Waals surface area contributed by atoms with E-state index in [9.17, 15) is 9.59 Å². The number of nitrogens with zero attached hydrogens (tertiary/aromatic N) is 3. The van der Waals surface area contributed by atoms with Crippen LogP contribution in [-0.4, -0.2) is 62.3 Å². The summed E-state index contributed by atoms with van der Waals surface area (Å²) in [6.07, 6.45) is 2.27. The first kappa shape index (κ1) is 16.3. The summed E-state index contributed by atoms with van der Waals surface area (Å²) in [6, 6.07) is -1.34. The predicted octanol–water partition coefficient (Wildman–Crippen LogP) is 0.461. The molecule has 8 nitrogen and oxygen atoms in total. The van der Waals surface area contributed by atoms with Gasteiger partial charge in [0, 0.05) is 7.05 Å². The van der Waals surface area contributed by atoms with Gasteiger partial charge in [0.1, 0.15) is 11.9 Å². The molecule has 0 aliphatic heterocycles. The molecule has 0 aliphatic carbocycles. The van der Waals surface area contributed by atoms with Gasteiger partial charge in [0.05, 0.1) is 6.54 Å². The molecule has 1 heterocycles. The third-order valence-electron chi connectivity index (χ3n) is 2.58. The Morgan fingerprint density at radius 1 is 1.55 bits per heavy atom. The average molecular weight is 301 g/mol. The van der Waals surface area contributed by atoms with E-state index in [4.69, 9.17) is 5.11 Å². The van der Waals surface area contributed by atoms with Crippen LogP contribution in [-0.2, 0) is 11.3 Å². The highest BCUT2D eigenvalue weighted by molar-refractivity contribution is 7.98. The molecule has 0 radical (unpaired) electrons. The molecule has 1 aromatic rings. The van der Waals surface area contributed by atoms with Gasteiger partial charge in [-0.25, -0.2) is 14.6 Å². The SMILES string of the molecule is CSCCC(NC(=O)N(C)Cc1n[nH]c(C)n1)C(=O)O. The number of nitrogens with one attached hydrogen (secondary N) is 2. The molecule has 0 aliphatic rings. The van der Waals surface area contributed by atoms with Crippen molar-refractivity contribution in [1.82, 2.24) is 25.4 Å². The maximum Gasteiger partial charge on any atom is 0.326 e. The highest BCUT2D eigenvalue weighted by atomic mass is 32.2. The number of aromatic nitrogens is 3. The number of H-pyrrole nitrogens is 1. The molecule has 2 amide bonds. The van der Waals surface area contributed by atoms with Crippen molar-refractivity contribution >= 4 is 23.8 Å². The second kappa shape index (κ2) is 7.73. The van der Waals surface area contributed by atoms with Gasteiger partial charge in [-0.05, 0) is 25.4 Å². The Bertz CT molecular complexity index is 465. The minimum atomic E-state index is -1.03. The summed E-state index contributed by atoms with van der Waals surface area (Å²) >= 11 is 1.54. The van der Waals surface area contributed by atoms with Crippen LogP contribution in [0, 0.1) is 6.92 Å². The van der Waals surface area contributed by atoms with Crippen LogP contribution in [0.3, 0.4) is 0 Å². The van der Waals surface area contributed by atoms with Crippen molar-refractivity contribution in [3.63, 3.8) is 0 Å². The summed E-state index contributed by atoms with van der Waals surface area (Å²) in [5.74, 6) is 0.782. The first-order chi connectivity index (χ1) is 9.43. The minimum Gasteiger partial charge on any atom is -0.480 e. The molecular formula is C11H19N5O3S. The summed E-state index contributed by atoms with van der Waals surface area (Å²) in [4.78, 5) is 28.4. The van der Waals surface area contributed by atoms with E-state index < -0.39 is 18.0 Å². The molecule has 0 saturated heterocycles. The van der Waals surface area contributed by atoms with E-state index >= 15 is 0 Å². The largest absolute Gasteiger partial charge is 0.480 e. The van der Waals surface area contributed by atoms with Crippen LogP contribution in [0.2, 0.25) is 0 Å². The Morgan fingerprint density at radius 3 is 2.75 bits per heavy atom. The van der Waals surface area contributed by atoms with E-state index in [0.717, 1.165) is 0 Å². The number of aromatic amines is 1. The number of carbonyl (C=O) groups is 2. The van der Waals surface area contributed by atoms with Gasteiger partial charge in [-0.2, -0.15) is 16.9 Å². The number of aryl methyl sites for hydroxylation is 1. The van der Waals surface area contributed by atoms with Crippen LogP contribution in [0.5, 0.6) is 0 Å². The van der Waals surface area contributed by atoms with Crippen molar-refractivity contribution in [3.05, 3.63) is 11.6 Å². The number of thioether (sulfide) groups is 1. The summed E-state index contributed by atoms with van der Waals surface area (Å²) in [5.41, 5.74) is 0. The maximum absolute atomic E-state index is 11.9. The lowest BCUT2D eigenvalue weighted by molar-refractivity contribution is -0.139. The Hall–Kier alpha value is -1.77. The molecule has 3 N–H and O–H groups in total. The van der Waals surface area contributed by atoms with Gasteiger partial charge in [-0.1, -0.05) is 0 Å². The molecule has 0 fully saturated rings. The number of hydrogen-bond donors (Lipinski definition) is 3. The quantitative estimate of drug-likeness (QED) is 0.674. The first-order valence-electron chi connectivity index (χ1n) is 6.05. The van der Waals surface area contributed by atoms with E-state index in [0.29, 0.717) is 23.8 Å². The van der Waals surface area contributed by atoms with Crippen LogP contribution >= 0.6 is 11.8 Å². The van der Waals surface area contributed by atoms with Crippen molar-refractivity contribution in [2.45, 2.75) is 25.9 Å². The highest BCUT2D eigenvalue weighted by Crippen LogP contribution is 2.03. The number of amides is 2. The molecule has 0 saturated carbocycles. The number of aliphatic carboxylic acids is 1. The molecule has 0 aromatic carbocycles. The van der Waals surface area contributed by atoms with Crippen LogP contribution < -0.4 is 5.32 Å². The molecule has 9 heteroatoms. The van der Waals surface area contributed by atoms with E-state index in [1.807, 2.05) is 6.26 Å². The third-order valence-corrected chi connectivity index (χ3v) is 3.22. The Labute approximate surface area is 121 Å². The molecular weight excluding hydrogens is 282 g/mol. The molecule has 1 rings (SSSR count). The Morgan fingerprint density at radius 2 is 2.25 bits per heavy atom. The molecule has 112 valence electrons. The lowest BCUT2D eigenvalue weighted by Gasteiger charge is -2.20. The number of urea groups is 1. The molecule has 1 aromatic heterocycles. The number of carboxylic acid groups (broad SMARTS) is 1. The maximum atomic E-state index is 11.9. The molecule has 0 spiro atoms. The summed E-state index contributed by atoms with van der Waals surface area (Å²) in [5, 5.41) is 18.1. The standard InChI is InChI=1S/C11H19N5O3S/c1-7-12-9(15-14-7)6-16(2)11(19)13-8(10(17)18)4-5-20-3/h8H,4-6H2,1-3H3,(H,13,19)(H,17,18)(H,12,14,15). The zero-order chi connectivity index (χ0) is 15.1. The van der Waals surface area contributed by atoms with Gasteiger partial charge >= 0.3 is 12.0 Å². The lowest BCUT2D eigenvalue weighted by Crippen LogP contribution is -2.46. The van der Waals surface area contributed by atoms with Crippen molar-refractivity contribution in [2.24, 2.45) is 0 Å². The second-order valence-corrected chi connectivity index (χ2v) is 5.30. The minimum absolute atomic E-state index is 0.213. The van der Waals surface area contributed by atoms with Crippen LogP contribution in [0.25, 0.3) is 0 Å². The van der Waals surface area contributed by atoms with Crippen LogP contribution in [0.4, 0.5) is 4.79 Å². The van der Waals surface area contributed by atoms with Crippen molar-refractivity contribution in [2.75, 3.05) is 19.1 Å². The lowest BCUT2D eigenvalue weighted by atomic mass is 10.2. The first-order valence-corrected chi connectivity index (χ1v) is 7.44. The summed E-state index contributed by atoms with van der Waals surface area (Å²) in [7, 11) is 1.56. The van der Waals surface area contributed by atoms with Gasteiger partial charge in [0.2, 0.25) is 0 Å². The summed E-state index contributed by atoms with van der Waals surface area (Å²) in [6.45, 7) is 1.98. The molecule has 0 bridgehead atoms. The van der Waals surface area contributed by atoms with E-state index in [2.05, 4.69) is 20.5 Å². The highest BCUT2D eigenvalue weighted by Gasteiger charge is 2.21. The smallest absolute Gasteiger partial charge is 0.326 e. The Kier molecular flexibility index (Phi) is 6.29. The fourth-order valence-electron chi connectivity index (χ4n) is 1.50. The zero-order valence-electron chi connectivity index (χ0n) is 11.7. The molecule has 1 atom stereocenters. The Balaban J connectivity index is 2.52. The van der Waals surface area contributed by atoms with Crippen LogP contribution in [0.1, 0.15) is 18.1 Å². The molecule has 20 heavy (non-hydrogen) atoms. The topological polar surface area (TPSA) is 111 Å². The van der Waals surface area contributed by atoms with Gasteiger partial charge in [-0.3, -0.25) is 5.10 Å². The van der Waals surface area contributed by atoms with E-state index in [-0.39, 0.29) is 6.54 Å². The fourth-order valence-corrected chi connectivity index (χ4v) is 1.97. The average Bonchev–Trinajstić information content (AvgIpc) is 2.79. The predicted molar refractivity (Wildman–Crippen MR) is 75.5 cm³/mol. The molecule has 1 unspecified atom stereocenters. The normalized spacial score (nSPS) is 11.9. The number of carboxylic acids is 1. The van der Waals surface area contributed by atoms with Gasteiger partial charge in [0.25, 0.3) is 0 Å². The number of carbonyl (C=O) groups excluding carboxylic acids is 1. The van der Waals surface area contributed by atoms with Crippen LogP contribution in [0.15, 0.2) is 0 Å². The summed E-state index contributed by atoms with van der Waals surface area (Å²) < 4.78 is 0. The van der Waals surface area contributed by atoms with Gasteiger partial charge in [0.15, 0.2) is 5.82 Å². The number of hydrogen-bond acceptors (Lipinski definition) is 5. The monoisotopic (exact) mass is 301 g/mol. The van der Waals surface area contributed by atoms with E-state index in [1.165, 1.54) is 16.7 Å².